The van der Waals surface area contributed by atoms with Crippen molar-refractivity contribution in [1.29, 1.82) is 0 Å². The third-order valence-corrected chi connectivity index (χ3v) is 6.62. The number of hydrogen-bond acceptors (Lipinski definition) is 8. The van der Waals surface area contributed by atoms with Crippen LogP contribution in [-0.4, -0.2) is 31.9 Å². The number of anilines is 1. The van der Waals surface area contributed by atoms with E-state index in [-0.39, 0.29) is 32.4 Å². The molecule has 1 N–H and O–H groups in total. The van der Waals surface area contributed by atoms with Crippen LogP contribution in [0.3, 0.4) is 0 Å². The van der Waals surface area contributed by atoms with E-state index in [1.165, 1.54) is 36.4 Å². The SMILES string of the molecule is CCOC(=O)c1sc(NC(=O)c2ccc(S(=O)(=O)c3ccc(Cl)cc3)o2)nc1C. The maximum atomic E-state index is 12.6. The van der Waals surface area contributed by atoms with Crippen molar-refractivity contribution < 1.29 is 27.2 Å². The van der Waals surface area contributed by atoms with Gasteiger partial charge in [-0.05, 0) is 50.2 Å². The molecule has 0 bridgehead atoms. The molecule has 11 heteroatoms. The summed E-state index contributed by atoms with van der Waals surface area (Å²) in [7, 11) is -3.94. The highest BCUT2D eigenvalue weighted by atomic mass is 35.5. The first kappa shape index (κ1) is 21.0. The third-order valence-electron chi connectivity index (χ3n) is 3.67. The van der Waals surface area contributed by atoms with Crippen molar-refractivity contribution in [2.24, 2.45) is 0 Å². The van der Waals surface area contributed by atoms with Gasteiger partial charge in [0.1, 0.15) is 4.88 Å². The molecule has 0 aliphatic carbocycles. The van der Waals surface area contributed by atoms with E-state index in [2.05, 4.69) is 10.3 Å². The summed E-state index contributed by atoms with van der Waals surface area (Å²) in [4.78, 5) is 28.6. The molecule has 0 aliphatic rings. The summed E-state index contributed by atoms with van der Waals surface area (Å²) in [6, 6.07) is 8.00. The van der Waals surface area contributed by atoms with Crippen LogP contribution in [0, 0.1) is 6.92 Å². The van der Waals surface area contributed by atoms with E-state index in [0.29, 0.717) is 10.7 Å². The Morgan fingerprint density at radius 2 is 1.90 bits per heavy atom. The van der Waals surface area contributed by atoms with Crippen LogP contribution < -0.4 is 5.32 Å². The molecule has 3 rings (SSSR count). The largest absolute Gasteiger partial charge is 0.462 e. The summed E-state index contributed by atoms with van der Waals surface area (Å²) in [5, 5.41) is 2.66. The first-order chi connectivity index (χ1) is 13.7. The van der Waals surface area contributed by atoms with Crippen molar-refractivity contribution in [3.8, 4) is 0 Å². The van der Waals surface area contributed by atoms with Gasteiger partial charge >= 0.3 is 5.97 Å². The molecular formula is C18H15ClN2O6S2. The van der Waals surface area contributed by atoms with E-state index in [1.54, 1.807) is 13.8 Å². The number of halogens is 1. The summed E-state index contributed by atoms with van der Waals surface area (Å²) >= 11 is 6.73. The zero-order valence-corrected chi connectivity index (χ0v) is 17.7. The molecule has 0 atom stereocenters. The lowest BCUT2D eigenvalue weighted by Gasteiger charge is -2.01. The van der Waals surface area contributed by atoms with Crippen molar-refractivity contribution in [1.82, 2.24) is 4.98 Å². The molecule has 29 heavy (non-hydrogen) atoms. The molecule has 0 saturated heterocycles. The van der Waals surface area contributed by atoms with E-state index in [4.69, 9.17) is 20.8 Å². The van der Waals surface area contributed by atoms with Crippen LogP contribution in [0.15, 0.2) is 50.8 Å². The average Bonchev–Trinajstić information content (AvgIpc) is 3.30. The number of carbonyl (C=O) groups is 2. The Bertz CT molecular complexity index is 1170. The van der Waals surface area contributed by atoms with Crippen LogP contribution in [0.4, 0.5) is 5.13 Å². The fourth-order valence-corrected chi connectivity index (χ4v) is 4.47. The van der Waals surface area contributed by atoms with Gasteiger partial charge in [0, 0.05) is 5.02 Å². The summed E-state index contributed by atoms with van der Waals surface area (Å²) in [5.41, 5.74) is 0.411. The number of sulfone groups is 1. The zero-order chi connectivity index (χ0) is 21.2. The molecule has 0 unspecified atom stereocenters. The van der Waals surface area contributed by atoms with E-state index >= 15 is 0 Å². The molecule has 0 radical (unpaired) electrons. The number of thiazole rings is 1. The normalized spacial score (nSPS) is 11.3. The summed E-state index contributed by atoms with van der Waals surface area (Å²) in [6.07, 6.45) is 0. The van der Waals surface area contributed by atoms with Gasteiger partial charge in [-0.25, -0.2) is 18.2 Å². The van der Waals surface area contributed by atoms with Crippen molar-refractivity contribution in [3.63, 3.8) is 0 Å². The minimum absolute atomic E-state index is 0.0159. The van der Waals surface area contributed by atoms with Crippen LogP contribution in [0.1, 0.15) is 32.8 Å². The number of rotatable bonds is 6. The van der Waals surface area contributed by atoms with Crippen molar-refractivity contribution in [2.75, 3.05) is 11.9 Å². The molecule has 2 aromatic heterocycles. The van der Waals surface area contributed by atoms with Gasteiger partial charge in [0.25, 0.3) is 5.91 Å². The molecule has 8 nitrogen and oxygen atoms in total. The highest BCUT2D eigenvalue weighted by Gasteiger charge is 2.24. The number of hydrogen-bond donors (Lipinski definition) is 1. The fourth-order valence-electron chi connectivity index (χ4n) is 2.31. The number of furan rings is 1. The molecule has 0 fully saturated rings. The van der Waals surface area contributed by atoms with Gasteiger partial charge in [0.05, 0.1) is 17.2 Å². The lowest BCUT2D eigenvalue weighted by Crippen LogP contribution is -2.10. The minimum atomic E-state index is -3.94. The maximum Gasteiger partial charge on any atom is 0.350 e. The Morgan fingerprint density at radius 1 is 1.21 bits per heavy atom. The first-order valence-electron chi connectivity index (χ1n) is 8.28. The topological polar surface area (TPSA) is 116 Å². The lowest BCUT2D eigenvalue weighted by atomic mass is 10.4. The Morgan fingerprint density at radius 3 is 2.55 bits per heavy atom. The lowest BCUT2D eigenvalue weighted by molar-refractivity contribution is 0.0531. The number of carbonyl (C=O) groups excluding carboxylic acids is 2. The van der Waals surface area contributed by atoms with E-state index < -0.39 is 21.7 Å². The second-order valence-electron chi connectivity index (χ2n) is 5.68. The minimum Gasteiger partial charge on any atom is -0.462 e. The Kier molecular flexibility index (Phi) is 6.06. The number of aryl methyl sites for hydroxylation is 1. The van der Waals surface area contributed by atoms with Gasteiger partial charge in [-0.2, -0.15) is 0 Å². The molecule has 0 spiro atoms. The third kappa shape index (κ3) is 4.50. The molecule has 152 valence electrons. The van der Waals surface area contributed by atoms with Crippen LogP contribution in [-0.2, 0) is 14.6 Å². The van der Waals surface area contributed by atoms with Crippen LogP contribution in [0.5, 0.6) is 0 Å². The second kappa shape index (κ2) is 8.36. The summed E-state index contributed by atoms with van der Waals surface area (Å²) in [6.45, 7) is 3.51. The monoisotopic (exact) mass is 454 g/mol. The standard InChI is InChI=1S/C18H15ClN2O6S2/c1-3-26-17(23)15-10(2)20-18(28-15)21-16(22)13-8-9-14(27-13)29(24,25)12-6-4-11(19)5-7-12/h4-9H,3H2,1-2H3,(H,20,21,22). The first-order valence-corrected chi connectivity index (χ1v) is 11.0. The van der Waals surface area contributed by atoms with Gasteiger partial charge in [-0.1, -0.05) is 22.9 Å². The maximum absolute atomic E-state index is 12.6. The van der Waals surface area contributed by atoms with Gasteiger partial charge < -0.3 is 9.15 Å². The fraction of sp³-hybridized carbons (Fsp3) is 0.167. The number of amides is 1. The number of ether oxygens (including phenoxy) is 1. The molecule has 1 aromatic carbocycles. The Balaban J connectivity index is 1.79. The number of esters is 1. The van der Waals surface area contributed by atoms with Crippen LogP contribution in [0.2, 0.25) is 5.02 Å². The van der Waals surface area contributed by atoms with Crippen molar-refractivity contribution >= 4 is 49.8 Å². The van der Waals surface area contributed by atoms with Gasteiger partial charge in [0.15, 0.2) is 10.9 Å². The summed E-state index contributed by atoms with van der Waals surface area (Å²) in [5.74, 6) is -1.45. The molecule has 1 amide bonds. The van der Waals surface area contributed by atoms with Gasteiger partial charge in [-0.15, -0.1) is 0 Å². The average molecular weight is 455 g/mol. The number of aromatic nitrogens is 1. The summed E-state index contributed by atoms with van der Waals surface area (Å²) < 4.78 is 35.4. The molecule has 3 aromatic rings. The second-order valence-corrected chi connectivity index (χ2v) is 9.00. The highest BCUT2D eigenvalue weighted by Crippen LogP contribution is 2.26. The van der Waals surface area contributed by atoms with Gasteiger partial charge in [-0.3, -0.25) is 10.1 Å². The Labute approximate surface area is 175 Å². The van der Waals surface area contributed by atoms with Crippen molar-refractivity contribution in [3.05, 3.63) is 57.8 Å². The molecule has 0 aliphatic heterocycles. The van der Waals surface area contributed by atoms with E-state index in [9.17, 15) is 18.0 Å². The molecule has 0 saturated carbocycles. The number of benzene rings is 1. The molecule has 2 heterocycles. The predicted octanol–water partition coefficient (Wildman–Crippen LogP) is 3.96. The number of nitrogens with one attached hydrogen (secondary N) is 1. The quantitative estimate of drug-likeness (QED) is 0.560. The van der Waals surface area contributed by atoms with Crippen LogP contribution >= 0.6 is 22.9 Å². The number of nitrogens with zero attached hydrogens (tertiary/aromatic N) is 1. The van der Waals surface area contributed by atoms with Gasteiger partial charge in [0.2, 0.25) is 14.9 Å². The van der Waals surface area contributed by atoms with E-state index in [1.807, 2.05) is 0 Å². The predicted molar refractivity (Wildman–Crippen MR) is 106 cm³/mol. The Hall–Kier alpha value is -2.69. The highest BCUT2D eigenvalue weighted by molar-refractivity contribution is 7.91. The van der Waals surface area contributed by atoms with Crippen LogP contribution in [0.25, 0.3) is 0 Å². The molecular weight excluding hydrogens is 440 g/mol. The smallest absolute Gasteiger partial charge is 0.350 e. The van der Waals surface area contributed by atoms with E-state index in [0.717, 1.165) is 11.3 Å². The van der Waals surface area contributed by atoms with Crippen molar-refractivity contribution in [2.45, 2.75) is 23.8 Å². The zero-order valence-electron chi connectivity index (χ0n) is 15.3.